The van der Waals surface area contributed by atoms with E-state index in [-0.39, 0.29) is 11.9 Å². The van der Waals surface area contributed by atoms with Crippen LogP contribution in [0.2, 0.25) is 0 Å². The molecule has 0 heterocycles. The van der Waals surface area contributed by atoms with Crippen LogP contribution in [-0.2, 0) is 4.79 Å². The van der Waals surface area contributed by atoms with Crippen molar-refractivity contribution in [2.45, 2.75) is 71.5 Å². The number of carbonyl (C=O) groups excluding carboxylic acids is 1. The lowest BCUT2D eigenvalue weighted by atomic mass is 9.91. The average Bonchev–Trinajstić information content (AvgIpc) is 3.06. The van der Waals surface area contributed by atoms with Crippen molar-refractivity contribution in [1.29, 1.82) is 0 Å². The topological polar surface area (TPSA) is 32.3 Å². The van der Waals surface area contributed by atoms with Gasteiger partial charge in [0, 0.05) is 25.0 Å². The second kappa shape index (κ2) is 6.64. The van der Waals surface area contributed by atoms with Crippen molar-refractivity contribution in [3.8, 4) is 0 Å². The maximum absolute atomic E-state index is 11.1. The van der Waals surface area contributed by atoms with Crippen LogP contribution in [0.1, 0.15) is 53.4 Å². The van der Waals surface area contributed by atoms with Crippen molar-refractivity contribution < 1.29 is 4.79 Å². The summed E-state index contributed by atoms with van der Waals surface area (Å²) in [6.45, 7) is 8.11. The number of carbonyl (C=O) groups is 1. The molecule has 3 atom stereocenters. The van der Waals surface area contributed by atoms with Crippen LogP contribution in [0.25, 0.3) is 0 Å². The molecule has 1 N–H and O–H groups in total. The first-order valence-corrected chi connectivity index (χ1v) is 7.10. The SMILES string of the molecule is CCC(CC(C)N(S)C1CC1)C(C)NC(C)=O. The Labute approximate surface area is 111 Å². The summed E-state index contributed by atoms with van der Waals surface area (Å²) in [7, 11) is 0. The van der Waals surface area contributed by atoms with Crippen LogP contribution in [0.3, 0.4) is 0 Å². The second-order valence-corrected chi connectivity index (χ2v) is 5.82. The van der Waals surface area contributed by atoms with Crippen molar-refractivity contribution in [2.24, 2.45) is 5.92 Å². The van der Waals surface area contributed by atoms with E-state index in [1.807, 2.05) is 0 Å². The van der Waals surface area contributed by atoms with Gasteiger partial charge in [0.25, 0.3) is 0 Å². The Bertz CT molecular complexity index is 256. The van der Waals surface area contributed by atoms with E-state index in [1.165, 1.54) is 12.8 Å². The van der Waals surface area contributed by atoms with E-state index in [9.17, 15) is 4.79 Å². The van der Waals surface area contributed by atoms with Crippen LogP contribution in [0.15, 0.2) is 0 Å². The minimum absolute atomic E-state index is 0.0634. The number of rotatable bonds is 7. The summed E-state index contributed by atoms with van der Waals surface area (Å²) < 4.78 is 2.20. The fourth-order valence-electron chi connectivity index (χ4n) is 2.41. The summed E-state index contributed by atoms with van der Waals surface area (Å²) in [4.78, 5) is 11.1. The zero-order chi connectivity index (χ0) is 13.0. The van der Waals surface area contributed by atoms with E-state index >= 15 is 0 Å². The summed E-state index contributed by atoms with van der Waals surface area (Å²) in [5, 5.41) is 3.00. The maximum atomic E-state index is 11.1. The van der Waals surface area contributed by atoms with Gasteiger partial charge in [-0.15, -0.1) is 0 Å². The smallest absolute Gasteiger partial charge is 0.217 e. The van der Waals surface area contributed by atoms with Crippen LogP contribution < -0.4 is 5.32 Å². The Morgan fingerprint density at radius 2 is 2.06 bits per heavy atom. The van der Waals surface area contributed by atoms with Crippen LogP contribution in [0.5, 0.6) is 0 Å². The first kappa shape index (κ1) is 14.8. The monoisotopic (exact) mass is 258 g/mol. The van der Waals surface area contributed by atoms with Crippen LogP contribution in [-0.4, -0.2) is 28.3 Å². The lowest BCUT2D eigenvalue weighted by Crippen LogP contribution is -2.39. The van der Waals surface area contributed by atoms with Gasteiger partial charge in [0.15, 0.2) is 0 Å². The lowest BCUT2D eigenvalue weighted by molar-refractivity contribution is -0.119. The van der Waals surface area contributed by atoms with E-state index in [0.29, 0.717) is 18.0 Å². The van der Waals surface area contributed by atoms with E-state index in [0.717, 1.165) is 12.8 Å². The van der Waals surface area contributed by atoms with Crippen molar-refractivity contribution in [1.82, 2.24) is 9.62 Å². The van der Waals surface area contributed by atoms with Crippen molar-refractivity contribution >= 4 is 18.7 Å². The second-order valence-electron chi connectivity index (χ2n) is 5.35. The Balaban J connectivity index is 2.41. The molecule has 0 aliphatic heterocycles. The molecule has 0 aromatic rings. The Morgan fingerprint density at radius 1 is 1.47 bits per heavy atom. The van der Waals surface area contributed by atoms with Gasteiger partial charge in [-0.3, -0.25) is 4.79 Å². The molecule has 17 heavy (non-hydrogen) atoms. The normalized spacial score (nSPS) is 21.1. The number of hydrogen-bond acceptors (Lipinski definition) is 3. The molecule has 100 valence electrons. The van der Waals surface area contributed by atoms with Crippen LogP contribution >= 0.6 is 12.8 Å². The number of nitrogens with one attached hydrogen (secondary N) is 1. The van der Waals surface area contributed by atoms with Gasteiger partial charge in [0.2, 0.25) is 5.91 Å². The molecule has 1 rings (SSSR count). The van der Waals surface area contributed by atoms with Gasteiger partial charge in [-0.2, -0.15) is 0 Å². The van der Waals surface area contributed by atoms with Gasteiger partial charge in [0.1, 0.15) is 0 Å². The predicted molar refractivity (Wildman–Crippen MR) is 75.0 cm³/mol. The Kier molecular flexibility index (Phi) is 5.80. The van der Waals surface area contributed by atoms with E-state index in [4.69, 9.17) is 0 Å². The average molecular weight is 258 g/mol. The maximum Gasteiger partial charge on any atom is 0.217 e. The highest BCUT2D eigenvalue weighted by Crippen LogP contribution is 2.32. The Morgan fingerprint density at radius 3 is 2.47 bits per heavy atom. The highest BCUT2D eigenvalue weighted by Gasteiger charge is 2.31. The summed E-state index contributed by atoms with van der Waals surface area (Å²) in [6, 6.07) is 1.41. The highest BCUT2D eigenvalue weighted by molar-refractivity contribution is 7.77. The molecule has 0 aromatic heterocycles. The van der Waals surface area contributed by atoms with E-state index in [1.54, 1.807) is 6.92 Å². The van der Waals surface area contributed by atoms with Crippen LogP contribution in [0.4, 0.5) is 0 Å². The molecule has 0 bridgehead atoms. The van der Waals surface area contributed by atoms with Gasteiger partial charge >= 0.3 is 0 Å². The molecule has 3 nitrogen and oxygen atoms in total. The molecule has 1 amide bonds. The van der Waals surface area contributed by atoms with Crippen molar-refractivity contribution in [2.75, 3.05) is 0 Å². The minimum Gasteiger partial charge on any atom is -0.354 e. The molecule has 4 heteroatoms. The van der Waals surface area contributed by atoms with Crippen molar-refractivity contribution in [3.05, 3.63) is 0 Å². The summed E-state index contributed by atoms with van der Waals surface area (Å²) >= 11 is 4.58. The van der Waals surface area contributed by atoms with Crippen LogP contribution in [0, 0.1) is 5.92 Å². The standard InChI is InChI=1S/C13H26N2OS/c1-5-12(10(3)14-11(4)16)8-9(2)15(17)13-6-7-13/h9-10,12-13,17H,5-8H2,1-4H3,(H,14,16). The molecule has 3 unspecified atom stereocenters. The highest BCUT2D eigenvalue weighted by atomic mass is 32.1. The minimum atomic E-state index is 0.0634. The molecule has 0 saturated heterocycles. The summed E-state index contributed by atoms with van der Waals surface area (Å²) in [6.07, 6.45) is 4.76. The zero-order valence-corrected chi connectivity index (χ0v) is 12.3. The molecule has 1 saturated carbocycles. The molecule has 1 aliphatic carbocycles. The molecule has 1 aliphatic rings. The van der Waals surface area contributed by atoms with Gasteiger partial charge in [-0.25, -0.2) is 4.31 Å². The molecular formula is C13H26N2OS. The third-order valence-corrected chi connectivity index (χ3v) is 4.40. The van der Waals surface area contributed by atoms with Gasteiger partial charge < -0.3 is 5.32 Å². The number of amides is 1. The zero-order valence-electron chi connectivity index (χ0n) is 11.4. The number of hydrogen-bond donors (Lipinski definition) is 2. The largest absolute Gasteiger partial charge is 0.354 e. The van der Waals surface area contributed by atoms with E-state index in [2.05, 4.69) is 43.2 Å². The fourth-order valence-corrected chi connectivity index (χ4v) is 2.73. The van der Waals surface area contributed by atoms with Gasteiger partial charge in [-0.05, 0) is 39.0 Å². The molecule has 0 aromatic carbocycles. The lowest BCUT2D eigenvalue weighted by Gasteiger charge is -2.30. The number of thiol groups is 1. The predicted octanol–water partition coefficient (Wildman–Crippen LogP) is 2.63. The van der Waals surface area contributed by atoms with E-state index < -0.39 is 0 Å². The molecule has 1 fully saturated rings. The van der Waals surface area contributed by atoms with Crippen molar-refractivity contribution in [3.63, 3.8) is 0 Å². The Hall–Kier alpha value is -0.220. The summed E-state index contributed by atoms with van der Waals surface area (Å²) in [5.41, 5.74) is 0. The first-order valence-electron chi connectivity index (χ1n) is 6.70. The summed E-state index contributed by atoms with van der Waals surface area (Å²) in [5.74, 6) is 0.593. The molecular weight excluding hydrogens is 232 g/mol. The third-order valence-electron chi connectivity index (χ3n) is 3.68. The quantitative estimate of drug-likeness (QED) is 0.688. The number of nitrogens with zero attached hydrogens (tertiary/aromatic N) is 1. The molecule has 0 radical (unpaired) electrons. The molecule has 0 spiro atoms. The third kappa shape index (κ3) is 4.88. The van der Waals surface area contributed by atoms with Gasteiger partial charge in [-0.1, -0.05) is 26.2 Å². The fraction of sp³-hybridized carbons (Fsp3) is 0.923. The van der Waals surface area contributed by atoms with Gasteiger partial charge in [0.05, 0.1) is 0 Å². The first-order chi connectivity index (χ1) is 7.95.